The van der Waals surface area contributed by atoms with Crippen LogP contribution in [-0.4, -0.2) is 31.2 Å². The average Bonchev–Trinajstić information content (AvgIpc) is 3.41. The summed E-state index contributed by atoms with van der Waals surface area (Å²) in [5.41, 5.74) is 0.389. The van der Waals surface area contributed by atoms with Crippen LogP contribution in [0.5, 0.6) is 5.75 Å². The molecule has 33 heavy (non-hydrogen) atoms. The van der Waals surface area contributed by atoms with Gasteiger partial charge in [0.15, 0.2) is 0 Å². The molecule has 1 aliphatic heterocycles. The summed E-state index contributed by atoms with van der Waals surface area (Å²) in [6.07, 6.45) is 3.62. The zero-order valence-corrected chi connectivity index (χ0v) is 18.4. The third-order valence-electron chi connectivity index (χ3n) is 5.67. The molecule has 0 saturated heterocycles. The second-order valence-electron chi connectivity index (χ2n) is 8.17. The van der Waals surface area contributed by atoms with E-state index >= 15 is 0 Å². The molecule has 0 saturated carbocycles. The summed E-state index contributed by atoms with van der Waals surface area (Å²) in [7, 11) is 0. The standard InChI is InChI=1S/C23H20ClF2N5O2/c1-13-2-7-20-29-19-11-14(10-17(18-8-9-27-30-18)21(19)31(20)12-13)22(32)28-15-3-5-16(6-4-15)33-23(24,25)26/h3-6,8-11,13H,2,7,12H2,1H3,(H,27,30)(H,28,32)/t13-/m0/s1. The van der Waals surface area contributed by atoms with Crippen LogP contribution in [0.15, 0.2) is 48.7 Å². The normalized spacial score (nSPS) is 15.9. The van der Waals surface area contributed by atoms with Gasteiger partial charge in [-0.15, -0.1) is 8.78 Å². The molecule has 3 heterocycles. The number of halogens is 3. The Balaban J connectivity index is 1.49. The maximum atomic E-state index is 13.0. The van der Waals surface area contributed by atoms with Gasteiger partial charge in [-0.05, 0) is 54.8 Å². The van der Waals surface area contributed by atoms with Crippen LogP contribution in [-0.2, 0) is 13.0 Å². The number of nitrogens with one attached hydrogen (secondary N) is 2. The van der Waals surface area contributed by atoms with E-state index in [1.807, 2.05) is 12.1 Å². The number of anilines is 1. The maximum Gasteiger partial charge on any atom is 0.487 e. The number of aromatic nitrogens is 4. The van der Waals surface area contributed by atoms with Gasteiger partial charge in [-0.25, -0.2) is 4.98 Å². The molecular formula is C23H20ClF2N5O2. The number of imidazole rings is 1. The first-order chi connectivity index (χ1) is 15.8. The lowest BCUT2D eigenvalue weighted by Crippen LogP contribution is -2.18. The molecule has 170 valence electrons. The lowest BCUT2D eigenvalue weighted by molar-refractivity contribution is -0.0964. The Bertz CT molecular complexity index is 1310. The third-order valence-corrected chi connectivity index (χ3v) is 5.75. The number of amides is 1. The number of aryl methyl sites for hydroxylation is 1. The van der Waals surface area contributed by atoms with Gasteiger partial charge in [0.1, 0.15) is 11.6 Å². The number of H-pyrrole nitrogens is 1. The molecule has 10 heteroatoms. The van der Waals surface area contributed by atoms with Crippen LogP contribution >= 0.6 is 11.6 Å². The Hall–Kier alpha value is -3.46. The molecule has 0 radical (unpaired) electrons. The van der Waals surface area contributed by atoms with Gasteiger partial charge in [0.2, 0.25) is 0 Å². The van der Waals surface area contributed by atoms with Crippen molar-refractivity contribution in [3.05, 3.63) is 60.0 Å². The molecule has 0 bridgehead atoms. The molecule has 0 aliphatic carbocycles. The minimum absolute atomic E-state index is 0.117. The fourth-order valence-corrected chi connectivity index (χ4v) is 4.26. The molecule has 0 fully saturated rings. The molecule has 7 nitrogen and oxygen atoms in total. The summed E-state index contributed by atoms with van der Waals surface area (Å²) in [5.74, 6) is 1.08. The molecule has 2 aromatic heterocycles. The summed E-state index contributed by atoms with van der Waals surface area (Å²) >= 11 is 4.78. The molecule has 2 aromatic carbocycles. The van der Waals surface area contributed by atoms with Crippen LogP contribution in [0, 0.1) is 5.92 Å². The molecule has 0 unspecified atom stereocenters. The zero-order valence-electron chi connectivity index (χ0n) is 17.6. The average molecular weight is 472 g/mol. The van der Waals surface area contributed by atoms with Gasteiger partial charge in [-0.3, -0.25) is 9.89 Å². The van der Waals surface area contributed by atoms with Crippen molar-refractivity contribution in [2.45, 2.75) is 31.9 Å². The third kappa shape index (κ3) is 4.41. The van der Waals surface area contributed by atoms with Crippen LogP contribution < -0.4 is 10.1 Å². The van der Waals surface area contributed by atoms with Gasteiger partial charge >= 0.3 is 5.57 Å². The van der Waals surface area contributed by atoms with Crippen LogP contribution in [0.3, 0.4) is 0 Å². The highest BCUT2D eigenvalue weighted by Crippen LogP contribution is 2.33. The smallest absolute Gasteiger partial charge is 0.420 e. The summed E-state index contributed by atoms with van der Waals surface area (Å²) in [4.78, 5) is 17.8. The van der Waals surface area contributed by atoms with Gasteiger partial charge in [0.05, 0.1) is 16.7 Å². The molecule has 1 atom stereocenters. The minimum Gasteiger partial charge on any atom is -0.420 e. The van der Waals surface area contributed by atoms with Crippen molar-refractivity contribution in [3.63, 3.8) is 0 Å². The fourth-order valence-electron chi connectivity index (χ4n) is 4.17. The predicted octanol–water partition coefficient (Wildman–Crippen LogP) is 5.43. The molecule has 0 spiro atoms. The van der Waals surface area contributed by atoms with Crippen LogP contribution in [0.25, 0.3) is 22.3 Å². The quantitative estimate of drug-likeness (QED) is 0.380. The van der Waals surface area contributed by atoms with Gasteiger partial charge in [-0.1, -0.05) is 6.92 Å². The molecule has 1 aliphatic rings. The Morgan fingerprint density at radius 2 is 2.06 bits per heavy atom. The van der Waals surface area contributed by atoms with Gasteiger partial charge < -0.3 is 14.6 Å². The minimum atomic E-state index is -3.80. The number of hydrogen-bond donors (Lipinski definition) is 2. The number of carbonyl (C=O) groups is 1. The van der Waals surface area contributed by atoms with Crippen molar-refractivity contribution in [2.24, 2.45) is 5.92 Å². The number of alkyl halides is 3. The number of benzene rings is 2. The van der Waals surface area contributed by atoms with E-state index in [1.54, 1.807) is 12.3 Å². The van der Waals surface area contributed by atoms with E-state index in [1.165, 1.54) is 24.3 Å². The van der Waals surface area contributed by atoms with E-state index in [9.17, 15) is 13.6 Å². The summed E-state index contributed by atoms with van der Waals surface area (Å²) in [5, 5.41) is 9.83. The summed E-state index contributed by atoms with van der Waals surface area (Å²) in [6.45, 7) is 3.09. The SMILES string of the molecule is C[C@H]1CCc2nc3cc(C(=O)Nc4ccc(OC(F)(F)Cl)cc4)cc(-c4ccn[nH]4)c3n2C1. The van der Waals surface area contributed by atoms with Crippen molar-refractivity contribution < 1.29 is 18.3 Å². The Kier molecular flexibility index (Phi) is 5.28. The maximum absolute atomic E-state index is 13.0. The highest BCUT2D eigenvalue weighted by molar-refractivity contribution is 6.20. The Morgan fingerprint density at radius 1 is 1.27 bits per heavy atom. The topological polar surface area (TPSA) is 84.8 Å². The number of ether oxygens (including phenoxy) is 1. The van der Waals surface area contributed by atoms with E-state index in [0.29, 0.717) is 17.2 Å². The van der Waals surface area contributed by atoms with E-state index in [2.05, 4.69) is 31.7 Å². The van der Waals surface area contributed by atoms with E-state index in [0.717, 1.165) is 47.5 Å². The van der Waals surface area contributed by atoms with Crippen molar-refractivity contribution in [1.29, 1.82) is 0 Å². The van der Waals surface area contributed by atoms with Crippen molar-refractivity contribution in [1.82, 2.24) is 19.7 Å². The van der Waals surface area contributed by atoms with Crippen molar-refractivity contribution >= 4 is 34.2 Å². The highest BCUT2D eigenvalue weighted by atomic mass is 35.5. The van der Waals surface area contributed by atoms with Gasteiger partial charge in [-0.2, -0.15) is 5.10 Å². The number of hydrogen-bond acceptors (Lipinski definition) is 4. The Labute approximate surface area is 192 Å². The molecule has 4 aromatic rings. The first-order valence-electron chi connectivity index (χ1n) is 10.5. The van der Waals surface area contributed by atoms with Crippen LogP contribution in [0.4, 0.5) is 14.5 Å². The predicted molar refractivity (Wildman–Crippen MR) is 121 cm³/mol. The lowest BCUT2D eigenvalue weighted by atomic mass is 10.0. The van der Waals surface area contributed by atoms with Crippen LogP contribution in [0.2, 0.25) is 0 Å². The first-order valence-corrected chi connectivity index (χ1v) is 10.8. The molecular weight excluding hydrogens is 452 g/mol. The van der Waals surface area contributed by atoms with Gasteiger partial charge in [0, 0.05) is 47.6 Å². The van der Waals surface area contributed by atoms with Crippen LogP contribution in [0.1, 0.15) is 29.5 Å². The zero-order chi connectivity index (χ0) is 23.2. The first kappa shape index (κ1) is 21.4. The number of carbonyl (C=O) groups excluding carboxylic acids is 1. The van der Waals surface area contributed by atoms with Gasteiger partial charge in [0.25, 0.3) is 5.91 Å². The second kappa shape index (κ2) is 8.15. The van der Waals surface area contributed by atoms with E-state index in [-0.39, 0.29) is 11.7 Å². The van der Waals surface area contributed by atoms with Crippen molar-refractivity contribution in [2.75, 3.05) is 5.32 Å². The van der Waals surface area contributed by atoms with E-state index < -0.39 is 5.57 Å². The molecule has 5 rings (SSSR count). The lowest BCUT2D eigenvalue weighted by Gasteiger charge is -2.21. The van der Waals surface area contributed by atoms with E-state index in [4.69, 9.17) is 16.6 Å². The number of fused-ring (bicyclic) bond motifs is 3. The Morgan fingerprint density at radius 3 is 2.76 bits per heavy atom. The second-order valence-corrected chi connectivity index (χ2v) is 8.61. The number of rotatable bonds is 5. The number of aromatic amines is 1. The number of nitrogens with zero attached hydrogens (tertiary/aromatic N) is 3. The highest BCUT2D eigenvalue weighted by Gasteiger charge is 2.27. The summed E-state index contributed by atoms with van der Waals surface area (Å²) in [6, 6.07) is 11.0. The largest absolute Gasteiger partial charge is 0.487 e. The monoisotopic (exact) mass is 471 g/mol. The molecule has 2 N–H and O–H groups in total. The molecule has 1 amide bonds. The fraction of sp³-hybridized carbons (Fsp3) is 0.261. The summed E-state index contributed by atoms with van der Waals surface area (Å²) < 4.78 is 32.1. The van der Waals surface area contributed by atoms with Crippen molar-refractivity contribution in [3.8, 4) is 17.0 Å².